The van der Waals surface area contributed by atoms with E-state index in [1.165, 1.54) is 19.2 Å². The van der Waals surface area contributed by atoms with Crippen LogP contribution in [0.4, 0.5) is 13.2 Å². The van der Waals surface area contributed by atoms with E-state index in [9.17, 15) is 18.0 Å². The lowest BCUT2D eigenvalue weighted by Crippen LogP contribution is -2.18. The molecule has 1 aromatic rings. The Morgan fingerprint density at radius 1 is 1.35 bits per heavy atom. The van der Waals surface area contributed by atoms with Gasteiger partial charge in [-0.05, 0) is 18.2 Å². The molecule has 17 heavy (non-hydrogen) atoms. The number of hydrogen-bond donors (Lipinski definition) is 0. The van der Waals surface area contributed by atoms with E-state index >= 15 is 0 Å². The van der Waals surface area contributed by atoms with Gasteiger partial charge in [-0.15, -0.1) is 13.2 Å². The molecule has 0 radical (unpaired) electrons. The van der Waals surface area contributed by atoms with Crippen molar-refractivity contribution in [2.75, 3.05) is 12.4 Å². The zero-order chi connectivity index (χ0) is 13.1. The smallest absolute Gasteiger partial charge is 0.493 e. The van der Waals surface area contributed by atoms with Crippen LogP contribution < -0.4 is 9.47 Å². The van der Waals surface area contributed by atoms with Gasteiger partial charge in [-0.25, -0.2) is 0 Å². The van der Waals surface area contributed by atoms with Gasteiger partial charge in [-0.2, -0.15) is 0 Å². The van der Waals surface area contributed by atoms with Gasteiger partial charge < -0.3 is 9.47 Å². The summed E-state index contributed by atoms with van der Waals surface area (Å²) in [5.74, 6) is -0.972. The fourth-order valence-corrected chi connectivity index (χ4v) is 1.46. The SMILES string of the molecule is COc1ccc(C(=O)CBr)cc1OC(F)(F)F. The largest absolute Gasteiger partial charge is 0.573 e. The molecule has 0 saturated carbocycles. The molecule has 0 saturated heterocycles. The standard InChI is InChI=1S/C10H8BrF3O3/c1-16-8-3-2-6(7(15)5-11)4-9(8)17-10(12,13)14/h2-4H,5H2,1H3. The van der Waals surface area contributed by atoms with Crippen molar-refractivity contribution < 1.29 is 27.4 Å². The lowest BCUT2D eigenvalue weighted by Gasteiger charge is -2.13. The van der Waals surface area contributed by atoms with Crippen LogP contribution >= 0.6 is 15.9 Å². The van der Waals surface area contributed by atoms with Crippen LogP contribution in [0, 0.1) is 0 Å². The maximum absolute atomic E-state index is 12.1. The fourth-order valence-electron chi connectivity index (χ4n) is 1.13. The quantitative estimate of drug-likeness (QED) is 0.633. The molecular formula is C10H8BrF3O3. The minimum absolute atomic E-state index is 0.0186. The highest BCUT2D eigenvalue weighted by Gasteiger charge is 2.32. The Morgan fingerprint density at radius 2 is 2.00 bits per heavy atom. The second-order valence-corrected chi connectivity index (χ2v) is 3.53. The molecule has 1 rings (SSSR count). The Labute approximate surface area is 104 Å². The number of alkyl halides is 4. The maximum atomic E-state index is 12.1. The van der Waals surface area contributed by atoms with Crippen molar-refractivity contribution in [2.45, 2.75) is 6.36 Å². The number of Topliss-reactive ketones (excluding diaryl/α,β-unsaturated/α-hetero) is 1. The van der Waals surface area contributed by atoms with Crippen molar-refractivity contribution in [3.63, 3.8) is 0 Å². The summed E-state index contributed by atoms with van der Waals surface area (Å²) in [4.78, 5) is 11.3. The van der Waals surface area contributed by atoms with Gasteiger partial charge in [0.05, 0.1) is 12.4 Å². The van der Waals surface area contributed by atoms with Gasteiger partial charge in [0, 0.05) is 5.56 Å². The van der Waals surface area contributed by atoms with Crippen molar-refractivity contribution in [3.05, 3.63) is 23.8 Å². The van der Waals surface area contributed by atoms with Gasteiger partial charge in [-0.3, -0.25) is 4.79 Å². The number of rotatable bonds is 4. The Kier molecular flexibility index (Phi) is 4.39. The number of carbonyl (C=O) groups excluding carboxylic acids is 1. The van der Waals surface area contributed by atoms with Crippen LogP contribution in [0.5, 0.6) is 11.5 Å². The number of ketones is 1. The summed E-state index contributed by atoms with van der Waals surface area (Å²) in [6.45, 7) is 0. The molecule has 0 aliphatic heterocycles. The van der Waals surface area contributed by atoms with Crippen molar-refractivity contribution in [2.24, 2.45) is 0 Å². The average Bonchev–Trinajstić information content (AvgIpc) is 2.25. The fraction of sp³-hybridized carbons (Fsp3) is 0.300. The predicted molar refractivity (Wildman–Crippen MR) is 57.8 cm³/mol. The summed E-state index contributed by atoms with van der Waals surface area (Å²) in [5, 5.41) is 0.0186. The lowest BCUT2D eigenvalue weighted by atomic mass is 10.1. The van der Waals surface area contributed by atoms with Crippen LogP contribution in [0.25, 0.3) is 0 Å². The van der Waals surface area contributed by atoms with Gasteiger partial charge >= 0.3 is 6.36 Å². The van der Waals surface area contributed by atoms with Gasteiger partial charge in [0.1, 0.15) is 0 Å². The van der Waals surface area contributed by atoms with E-state index in [-0.39, 0.29) is 22.4 Å². The van der Waals surface area contributed by atoms with E-state index in [0.29, 0.717) is 0 Å². The Hall–Kier alpha value is -1.24. The highest BCUT2D eigenvalue weighted by molar-refractivity contribution is 9.09. The number of methoxy groups -OCH3 is 1. The molecule has 0 amide bonds. The molecule has 0 atom stereocenters. The molecule has 0 fully saturated rings. The first kappa shape index (κ1) is 13.8. The minimum atomic E-state index is -4.83. The molecule has 0 aliphatic carbocycles. The number of benzene rings is 1. The number of hydrogen-bond acceptors (Lipinski definition) is 3. The third-order valence-corrected chi connectivity index (χ3v) is 2.34. The second-order valence-electron chi connectivity index (χ2n) is 2.97. The molecule has 0 spiro atoms. The van der Waals surface area contributed by atoms with Crippen LogP contribution in [0.2, 0.25) is 0 Å². The molecule has 0 heterocycles. The zero-order valence-corrected chi connectivity index (χ0v) is 10.3. The number of ether oxygens (including phenoxy) is 2. The summed E-state index contributed by atoms with van der Waals surface area (Å²) in [6, 6.07) is 3.61. The van der Waals surface area contributed by atoms with Gasteiger partial charge in [0.2, 0.25) is 0 Å². The maximum Gasteiger partial charge on any atom is 0.573 e. The second kappa shape index (κ2) is 5.39. The Bertz CT molecular complexity index is 418. The third kappa shape index (κ3) is 3.92. The molecule has 0 aromatic heterocycles. The van der Waals surface area contributed by atoms with E-state index < -0.39 is 12.1 Å². The van der Waals surface area contributed by atoms with E-state index in [1.807, 2.05) is 0 Å². The predicted octanol–water partition coefficient (Wildman–Crippen LogP) is 3.17. The van der Waals surface area contributed by atoms with Crippen molar-refractivity contribution in [3.8, 4) is 11.5 Å². The average molecular weight is 313 g/mol. The van der Waals surface area contributed by atoms with Crippen LogP contribution in [-0.4, -0.2) is 24.6 Å². The summed E-state index contributed by atoms with van der Waals surface area (Å²) in [7, 11) is 1.21. The summed E-state index contributed by atoms with van der Waals surface area (Å²) < 4.78 is 44.8. The Morgan fingerprint density at radius 3 is 2.47 bits per heavy atom. The highest BCUT2D eigenvalue weighted by atomic mass is 79.9. The monoisotopic (exact) mass is 312 g/mol. The topological polar surface area (TPSA) is 35.5 Å². The van der Waals surface area contributed by atoms with E-state index in [1.54, 1.807) is 0 Å². The molecule has 0 N–H and O–H groups in total. The van der Waals surface area contributed by atoms with Crippen LogP contribution in [0.3, 0.4) is 0 Å². The van der Waals surface area contributed by atoms with E-state index in [2.05, 4.69) is 20.7 Å². The molecule has 0 aliphatic rings. The molecule has 0 unspecified atom stereocenters. The summed E-state index contributed by atoms with van der Waals surface area (Å²) in [5.41, 5.74) is 0.113. The van der Waals surface area contributed by atoms with Gasteiger partial charge in [0.15, 0.2) is 17.3 Å². The first-order valence-corrected chi connectivity index (χ1v) is 5.52. The molecule has 1 aromatic carbocycles. The van der Waals surface area contributed by atoms with E-state index in [0.717, 1.165) is 6.07 Å². The van der Waals surface area contributed by atoms with Crippen molar-refractivity contribution in [1.82, 2.24) is 0 Å². The summed E-state index contributed by atoms with van der Waals surface area (Å²) >= 11 is 2.93. The van der Waals surface area contributed by atoms with Crippen molar-refractivity contribution >= 4 is 21.7 Å². The lowest BCUT2D eigenvalue weighted by molar-refractivity contribution is -0.275. The van der Waals surface area contributed by atoms with Gasteiger partial charge in [0.25, 0.3) is 0 Å². The van der Waals surface area contributed by atoms with Crippen LogP contribution in [0.1, 0.15) is 10.4 Å². The number of carbonyl (C=O) groups is 1. The zero-order valence-electron chi connectivity index (χ0n) is 8.68. The first-order valence-electron chi connectivity index (χ1n) is 4.40. The van der Waals surface area contributed by atoms with Crippen LogP contribution in [0.15, 0.2) is 18.2 Å². The Balaban J connectivity index is 3.11. The molecular weight excluding hydrogens is 305 g/mol. The molecule has 7 heteroatoms. The summed E-state index contributed by atoms with van der Waals surface area (Å²) in [6.07, 6.45) is -4.83. The minimum Gasteiger partial charge on any atom is -0.493 e. The molecule has 94 valence electrons. The molecule has 0 bridgehead atoms. The molecule has 3 nitrogen and oxygen atoms in total. The number of halogens is 4. The van der Waals surface area contributed by atoms with Gasteiger partial charge in [-0.1, -0.05) is 15.9 Å². The normalized spacial score (nSPS) is 11.1. The van der Waals surface area contributed by atoms with E-state index in [4.69, 9.17) is 4.74 Å². The third-order valence-electron chi connectivity index (χ3n) is 1.83. The first-order chi connectivity index (χ1) is 7.87. The highest BCUT2D eigenvalue weighted by Crippen LogP contribution is 2.33. The van der Waals surface area contributed by atoms with Crippen LogP contribution in [-0.2, 0) is 0 Å². The van der Waals surface area contributed by atoms with Crippen molar-refractivity contribution in [1.29, 1.82) is 0 Å².